The van der Waals surface area contributed by atoms with Crippen LogP contribution in [-0.4, -0.2) is 60.8 Å². The molecule has 0 aliphatic carbocycles. The molecule has 2 N–H and O–H groups in total. The van der Waals surface area contributed by atoms with Crippen LogP contribution in [-0.2, 0) is 9.16 Å². The highest BCUT2D eigenvalue weighted by atomic mass is 28.3. The van der Waals surface area contributed by atoms with Crippen molar-refractivity contribution in [3.63, 3.8) is 0 Å². The van der Waals surface area contributed by atoms with Crippen molar-refractivity contribution in [2.24, 2.45) is 11.3 Å². The largest absolute Gasteiger partial charge is 0.444 e. The second kappa shape index (κ2) is 7.31. The molecular weight excluding hydrogens is 326 g/mol. The highest BCUT2D eigenvalue weighted by Crippen LogP contribution is 2.45. The van der Waals surface area contributed by atoms with Crippen LogP contribution >= 0.6 is 0 Å². The maximum atomic E-state index is 12.8. The Kier molecular flexibility index (Phi) is 6.52. The van der Waals surface area contributed by atoms with Crippen LogP contribution in [0.3, 0.4) is 0 Å². The van der Waals surface area contributed by atoms with E-state index in [-0.39, 0.29) is 11.3 Å². The predicted octanol–water partition coefficient (Wildman–Crippen LogP) is 2.61. The Balaban J connectivity index is 3.27. The number of aliphatic hydroxyl groups excluding tert-OH is 2. The van der Waals surface area contributed by atoms with Crippen molar-refractivity contribution in [3.8, 4) is 0 Å². The van der Waals surface area contributed by atoms with Gasteiger partial charge in [-0.2, -0.15) is 0 Å². The third-order valence-corrected chi connectivity index (χ3v) is 5.07. The minimum absolute atomic E-state index is 0.0606. The molecule has 0 aromatic heterocycles. The molecule has 141 valence electrons. The first-order valence-corrected chi connectivity index (χ1v) is 10.9. The molecule has 1 aliphatic rings. The number of rotatable bonds is 4. The predicted molar refractivity (Wildman–Crippen MR) is 94.9 cm³/mol. The monoisotopic (exact) mass is 360 g/mol. The van der Waals surface area contributed by atoms with Gasteiger partial charge in [0.25, 0.3) is 0 Å². The number of nitrogens with zero attached hydrogens (tertiary/aromatic N) is 1. The normalized spacial score (nSPS) is 26.8. The molecule has 7 heteroatoms. The van der Waals surface area contributed by atoms with E-state index in [1.807, 2.05) is 33.9 Å². The molecular formula is C17H34NO5Si. The molecule has 0 bridgehead atoms. The Morgan fingerprint density at radius 2 is 1.83 bits per heavy atom. The number of carbonyl (C=O) groups is 1. The van der Waals surface area contributed by atoms with Crippen LogP contribution in [0.2, 0.25) is 13.1 Å². The summed E-state index contributed by atoms with van der Waals surface area (Å²) in [5.74, 6) is 0.132. The Bertz CT molecular complexity index is 443. The molecule has 1 radical (unpaired) electrons. The van der Waals surface area contributed by atoms with E-state index < -0.39 is 39.2 Å². The number of hydrogen-bond acceptors (Lipinski definition) is 5. The molecule has 3 atom stereocenters. The zero-order valence-electron chi connectivity index (χ0n) is 16.3. The minimum Gasteiger partial charge on any atom is -0.444 e. The van der Waals surface area contributed by atoms with Crippen molar-refractivity contribution in [1.29, 1.82) is 0 Å². The first-order chi connectivity index (χ1) is 10.7. The third-order valence-electron chi connectivity index (χ3n) is 4.31. The Labute approximate surface area is 147 Å². The lowest BCUT2D eigenvalue weighted by atomic mass is 9.78. The minimum atomic E-state index is -1.23. The second-order valence-corrected chi connectivity index (χ2v) is 10.9. The van der Waals surface area contributed by atoms with Crippen molar-refractivity contribution in [1.82, 2.24) is 4.90 Å². The van der Waals surface area contributed by atoms with Crippen molar-refractivity contribution in [2.75, 3.05) is 13.2 Å². The fourth-order valence-corrected chi connectivity index (χ4v) is 4.04. The zero-order chi connectivity index (χ0) is 18.9. The number of hydrogen-bond donors (Lipinski definition) is 2. The molecule has 1 rings (SSSR count). The van der Waals surface area contributed by atoms with Gasteiger partial charge in [0, 0.05) is 13.0 Å². The molecule has 0 aromatic carbocycles. The molecule has 1 fully saturated rings. The van der Waals surface area contributed by atoms with Crippen LogP contribution in [0.1, 0.15) is 48.0 Å². The molecule has 6 nitrogen and oxygen atoms in total. The molecule has 1 amide bonds. The average molecular weight is 361 g/mol. The summed E-state index contributed by atoms with van der Waals surface area (Å²) < 4.78 is 11.7. The van der Waals surface area contributed by atoms with E-state index in [0.29, 0.717) is 13.0 Å². The van der Waals surface area contributed by atoms with Crippen molar-refractivity contribution in [3.05, 3.63) is 0 Å². The summed E-state index contributed by atoms with van der Waals surface area (Å²) in [6.45, 7) is 15.6. The van der Waals surface area contributed by atoms with Crippen LogP contribution in [0.15, 0.2) is 0 Å². The third kappa shape index (κ3) is 4.94. The van der Waals surface area contributed by atoms with Gasteiger partial charge in [-0.25, -0.2) is 4.79 Å². The molecule has 1 heterocycles. The highest BCUT2D eigenvalue weighted by molar-refractivity contribution is 6.48. The summed E-state index contributed by atoms with van der Waals surface area (Å²) in [5.41, 5.74) is -1.93. The smallest absolute Gasteiger partial charge is 0.412 e. The fourth-order valence-electron chi connectivity index (χ4n) is 3.01. The lowest BCUT2D eigenvalue weighted by Gasteiger charge is -2.42. The Hall–Kier alpha value is -0.633. The molecule has 0 aromatic rings. The molecule has 1 saturated heterocycles. The molecule has 1 aliphatic heterocycles. The fraction of sp³-hybridized carbons (Fsp3) is 0.941. The quantitative estimate of drug-likeness (QED) is 0.754. The van der Waals surface area contributed by atoms with Crippen molar-refractivity contribution < 1.29 is 24.2 Å². The maximum absolute atomic E-state index is 12.8. The van der Waals surface area contributed by atoms with Crippen LogP contribution in [0.4, 0.5) is 4.79 Å². The van der Waals surface area contributed by atoms with E-state index in [1.165, 1.54) is 4.90 Å². The number of ether oxygens (including phenoxy) is 1. The first kappa shape index (κ1) is 21.4. The molecule has 24 heavy (non-hydrogen) atoms. The number of amides is 1. The Morgan fingerprint density at radius 1 is 1.29 bits per heavy atom. The maximum Gasteiger partial charge on any atom is 0.412 e. The van der Waals surface area contributed by atoms with Gasteiger partial charge in [0.1, 0.15) is 11.7 Å². The summed E-state index contributed by atoms with van der Waals surface area (Å²) in [6.07, 6.45) is -1.20. The first-order valence-electron chi connectivity index (χ1n) is 8.51. The zero-order valence-corrected chi connectivity index (χ0v) is 17.3. The van der Waals surface area contributed by atoms with E-state index in [0.717, 1.165) is 0 Å². The summed E-state index contributed by atoms with van der Waals surface area (Å²) in [4.78, 5) is 14.3. The molecule has 1 unspecified atom stereocenters. The van der Waals surface area contributed by atoms with E-state index in [1.54, 1.807) is 0 Å². The molecule has 0 saturated carbocycles. The van der Waals surface area contributed by atoms with Crippen LogP contribution in [0.5, 0.6) is 0 Å². The van der Waals surface area contributed by atoms with E-state index in [2.05, 4.69) is 20.8 Å². The summed E-state index contributed by atoms with van der Waals surface area (Å²) >= 11 is 0. The second-order valence-electron chi connectivity index (χ2n) is 8.91. The van der Waals surface area contributed by atoms with E-state index in [9.17, 15) is 15.0 Å². The van der Waals surface area contributed by atoms with E-state index >= 15 is 0 Å². The van der Waals surface area contributed by atoms with Gasteiger partial charge in [0.15, 0.2) is 5.72 Å². The van der Waals surface area contributed by atoms with Gasteiger partial charge < -0.3 is 19.4 Å². The van der Waals surface area contributed by atoms with Crippen molar-refractivity contribution in [2.45, 2.75) is 78.5 Å². The van der Waals surface area contributed by atoms with Gasteiger partial charge in [0.2, 0.25) is 9.04 Å². The summed E-state index contributed by atoms with van der Waals surface area (Å²) in [7, 11) is -1.23. The number of likely N-dealkylation sites (tertiary alicyclic amines) is 1. The number of aliphatic hydroxyl groups is 2. The molecule has 0 spiro atoms. The lowest BCUT2D eigenvalue weighted by molar-refractivity contribution is -0.150. The van der Waals surface area contributed by atoms with Crippen molar-refractivity contribution >= 4 is 15.1 Å². The summed E-state index contributed by atoms with van der Waals surface area (Å²) in [6, 6.07) is 0. The number of carbonyl (C=O) groups excluding carboxylic acids is 1. The van der Waals surface area contributed by atoms with Crippen LogP contribution < -0.4 is 0 Å². The average Bonchev–Trinajstić information content (AvgIpc) is 2.75. The van der Waals surface area contributed by atoms with Gasteiger partial charge in [-0.15, -0.1) is 0 Å². The van der Waals surface area contributed by atoms with Gasteiger partial charge in [-0.3, -0.25) is 4.90 Å². The van der Waals surface area contributed by atoms with Gasteiger partial charge in [-0.05, 0) is 45.2 Å². The van der Waals surface area contributed by atoms with Gasteiger partial charge in [-0.1, -0.05) is 20.8 Å². The lowest BCUT2D eigenvalue weighted by Crippen LogP contribution is -2.60. The van der Waals surface area contributed by atoms with Crippen LogP contribution in [0, 0.1) is 11.3 Å². The SMILES string of the molecule is C[Si](C)O[C@]1(C(O)CO)C[C@H](C(C)(C)C)CN1C(=O)OC(C)(C)C. The summed E-state index contributed by atoms with van der Waals surface area (Å²) in [5, 5.41) is 20.1. The van der Waals surface area contributed by atoms with E-state index in [4.69, 9.17) is 9.16 Å². The highest BCUT2D eigenvalue weighted by Gasteiger charge is 2.56. The standard InChI is InChI=1S/C17H34NO5Si/c1-15(2,3)12-9-17(13(20)11-19,23-24(7)8)18(10-12)14(21)22-16(4,5)6/h12-13,19-20H,9-11H2,1-8H3/t12-,13?,17-/m0/s1. The van der Waals surface area contributed by atoms with Gasteiger partial charge >= 0.3 is 6.09 Å². The topological polar surface area (TPSA) is 79.2 Å². The van der Waals surface area contributed by atoms with Crippen LogP contribution in [0.25, 0.3) is 0 Å². The Morgan fingerprint density at radius 3 is 2.21 bits per heavy atom. The van der Waals surface area contributed by atoms with Gasteiger partial charge in [0.05, 0.1) is 6.61 Å².